The van der Waals surface area contributed by atoms with E-state index < -0.39 is 0 Å². The average molecular weight is 282 g/mol. The van der Waals surface area contributed by atoms with Gasteiger partial charge in [0.05, 0.1) is 0 Å². The fourth-order valence-corrected chi connectivity index (χ4v) is 2.20. The Balaban J connectivity index is 2.07. The van der Waals surface area contributed by atoms with Crippen molar-refractivity contribution in [3.8, 4) is 0 Å². The lowest BCUT2D eigenvalue weighted by Gasteiger charge is -2.01. The molecule has 2 heteroatoms. The highest BCUT2D eigenvalue weighted by Crippen LogP contribution is 2.15. The van der Waals surface area contributed by atoms with Gasteiger partial charge >= 0.3 is 5.63 Å². The Labute approximate surface area is 125 Å². The second-order valence-corrected chi connectivity index (χ2v) is 5.63. The molecule has 2 aromatic rings. The molecule has 0 atom stereocenters. The van der Waals surface area contributed by atoms with Gasteiger partial charge in [0.25, 0.3) is 0 Å². The number of rotatable bonds is 5. The summed E-state index contributed by atoms with van der Waals surface area (Å²) in [6.07, 6.45) is 9.06. The first-order valence-corrected chi connectivity index (χ1v) is 7.38. The van der Waals surface area contributed by atoms with Crippen LogP contribution in [0, 0.1) is 6.92 Å². The molecule has 0 aliphatic carbocycles. The van der Waals surface area contributed by atoms with Crippen LogP contribution in [0.1, 0.15) is 37.8 Å². The number of unbranched alkanes of at least 4 members (excludes halogenated alkanes) is 1. The first-order chi connectivity index (χ1) is 10.1. The normalized spacial score (nSPS) is 11.2. The number of hydrogen-bond acceptors (Lipinski definition) is 2. The molecule has 0 radical (unpaired) electrons. The van der Waals surface area contributed by atoms with Crippen molar-refractivity contribution < 1.29 is 4.42 Å². The van der Waals surface area contributed by atoms with Crippen LogP contribution in [0.3, 0.4) is 0 Å². The van der Waals surface area contributed by atoms with Crippen molar-refractivity contribution in [3.05, 3.63) is 69.6 Å². The van der Waals surface area contributed by atoms with Crippen molar-refractivity contribution >= 4 is 11.0 Å². The van der Waals surface area contributed by atoms with Gasteiger partial charge in [-0.2, -0.15) is 0 Å². The van der Waals surface area contributed by atoms with Gasteiger partial charge in [-0.15, -0.1) is 0 Å². The van der Waals surface area contributed by atoms with E-state index in [2.05, 4.69) is 26.0 Å². The van der Waals surface area contributed by atoms with Crippen molar-refractivity contribution in [2.24, 2.45) is 0 Å². The van der Waals surface area contributed by atoms with Crippen molar-refractivity contribution in [1.29, 1.82) is 0 Å². The van der Waals surface area contributed by atoms with E-state index in [9.17, 15) is 4.79 Å². The topological polar surface area (TPSA) is 30.2 Å². The number of fused-ring (bicyclic) bond motifs is 1. The zero-order valence-corrected chi connectivity index (χ0v) is 13.0. The highest BCUT2D eigenvalue weighted by molar-refractivity contribution is 5.77. The molecular formula is C19H22O2. The third kappa shape index (κ3) is 4.45. The van der Waals surface area contributed by atoms with Crippen LogP contribution in [0.15, 0.2) is 57.3 Å². The molecule has 0 saturated heterocycles. The summed E-state index contributed by atoms with van der Waals surface area (Å²) in [6.45, 7) is 6.19. The van der Waals surface area contributed by atoms with E-state index in [1.807, 2.05) is 37.3 Å². The molecule has 1 heterocycles. The Hall–Kier alpha value is -2.09. The maximum Gasteiger partial charge on any atom is 0.339 e. The Morgan fingerprint density at radius 2 is 1.95 bits per heavy atom. The van der Waals surface area contributed by atoms with Gasteiger partial charge in [-0.1, -0.05) is 35.9 Å². The predicted molar refractivity (Wildman–Crippen MR) is 88.7 cm³/mol. The van der Waals surface area contributed by atoms with E-state index in [1.54, 1.807) is 0 Å². The largest absolute Gasteiger partial charge is 0.423 e. The molecule has 0 spiro atoms. The number of hydrogen-bond donors (Lipinski definition) is 0. The molecule has 2 nitrogen and oxygen atoms in total. The first kappa shape index (κ1) is 15.3. The van der Waals surface area contributed by atoms with Gasteiger partial charge in [0.15, 0.2) is 0 Å². The molecule has 0 bridgehead atoms. The van der Waals surface area contributed by atoms with Crippen molar-refractivity contribution in [2.75, 3.05) is 0 Å². The molecule has 0 aliphatic heterocycles. The SMILES string of the molecule is CC(C)=CCC/C=C/Cc1cc2ccc(C)cc2oc1=O. The summed E-state index contributed by atoms with van der Waals surface area (Å²) in [7, 11) is 0. The lowest BCUT2D eigenvalue weighted by molar-refractivity contribution is 0.552. The van der Waals surface area contributed by atoms with E-state index in [0.717, 1.165) is 23.8 Å². The van der Waals surface area contributed by atoms with Gasteiger partial charge in [0.2, 0.25) is 0 Å². The minimum Gasteiger partial charge on any atom is -0.423 e. The van der Waals surface area contributed by atoms with Gasteiger partial charge < -0.3 is 4.42 Å². The number of allylic oxidation sites excluding steroid dienone is 4. The zero-order valence-electron chi connectivity index (χ0n) is 13.0. The van der Waals surface area contributed by atoms with Crippen LogP contribution >= 0.6 is 0 Å². The third-order valence-electron chi connectivity index (χ3n) is 3.35. The van der Waals surface area contributed by atoms with E-state index >= 15 is 0 Å². The summed E-state index contributed by atoms with van der Waals surface area (Å²) < 4.78 is 5.38. The second kappa shape index (κ2) is 7.07. The van der Waals surface area contributed by atoms with Crippen molar-refractivity contribution in [2.45, 2.75) is 40.0 Å². The first-order valence-electron chi connectivity index (χ1n) is 7.38. The minimum atomic E-state index is -0.234. The molecule has 110 valence electrons. The molecule has 2 rings (SSSR count). The Morgan fingerprint density at radius 3 is 2.71 bits per heavy atom. The van der Waals surface area contributed by atoms with Gasteiger partial charge in [-0.3, -0.25) is 0 Å². The van der Waals surface area contributed by atoms with Gasteiger partial charge in [-0.05, 0) is 57.7 Å². The molecular weight excluding hydrogens is 260 g/mol. The maximum absolute atomic E-state index is 11.9. The van der Waals surface area contributed by atoms with Crippen LogP contribution in [0.2, 0.25) is 0 Å². The smallest absolute Gasteiger partial charge is 0.339 e. The van der Waals surface area contributed by atoms with Crippen LogP contribution < -0.4 is 5.63 Å². The molecule has 1 aromatic carbocycles. The Bertz CT molecular complexity index is 729. The maximum atomic E-state index is 11.9. The molecule has 0 aliphatic rings. The van der Waals surface area contributed by atoms with Gasteiger partial charge in [0, 0.05) is 10.9 Å². The summed E-state index contributed by atoms with van der Waals surface area (Å²) in [4.78, 5) is 11.9. The van der Waals surface area contributed by atoms with Crippen LogP contribution in [-0.2, 0) is 6.42 Å². The number of benzene rings is 1. The fraction of sp³-hybridized carbons (Fsp3) is 0.316. The van der Waals surface area contributed by atoms with Crippen LogP contribution in [0.25, 0.3) is 11.0 Å². The van der Waals surface area contributed by atoms with Crippen LogP contribution in [0.5, 0.6) is 0 Å². The monoisotopic (exact) mass is 282 g/mol. The molecule has 21 heavy (non-hydrogen) atoms. The number of aryl methyl sites for hydroxylation is 1. The highest BCUT2D eigenvalue weighted by Gasteiger charge is 2.03. The lowest BCUT2D eigenvalue weighted by Crippen LogP contribution is -2.05. The van der Waals surface area contributed by atoms with Crippen LogP contribution in [-0.4, -0.2) is 0 Å². The third-order valence-corrected chi connectivity index (χ3v) is 3.35. The summed E-state index contributed by atoms with van der Waals surface area (Å²) >= 11 is 0. The summed E-state index contributed by atoms with van der Waals surface area (Å²) in [5.74, 6) is 0. The Kier molecular flexibility index (Phi) is 5.15. The fourth-order valence-electron chi connectivity index (χ4n) is 2.20. The summed E-state index contributed by atoms with van der Waals surface area (Å²) in [5.41, 5.74) is 3.58. The molecule has 0 saturated carbocycles. The molecule has 0 fully saturated rings. The van der Waals surface area contributed by atoms with Crippen molar-refractivity contribution in [3.63, 3.8) is 0 Å². The standard InChI is InChI=1S/C19H22O2/c1-14(2)8-6-4-5-7-9-17-13-16-11-10-15(3)12-18(16)21-19(17)20/h5,7-8,10-13H,4,6,9H2,1-3H3/b7-5+. The molecule has 1 aromatic heterocycles. The van der Waals surface area contributed by atoms with E-state index in [1.165, 1.54) is 5.57 Å². The molecule has 0 amide bonds. The zero-order chi connectivity index (χ0) is 15.2. The van der Waals surface area contributed by atoms with E-state index in [-0.39, 0.29) is 5.63 Å². The molecule has 0 N–H and O–H groups in total. The van der Waals surface area contributed by atoms with Gasteiger partial charge in [-0.25, -0.2) is 4.79 Å². The second-order valence-electron chi connectivity index (χ2n) is 5.63. The lowest BCUT2D eigenvalue weighted by atomic mass is 10.1. The quantitative estimate of drug-likeness (QED) is 0.441. The summed E-state index contributed by atoms with van der Waals surface area (Å²) in [5, 5.41) is 0.980. The predicted octanol–water partition coefficient (Wildman–Crippen LogP) is 4.95. The van der Waals surface area contributed by atoms with Crippen LogP contribution in [0.4, 0.5) is 0 Å². The Morgan fingerprint density at radius 1 is 1.14 bits per heavy atom. The van der Waals surface area contributed by atoms with Gasteiger partial charge in [0.1, 0.15) is 5.58 Å². The highest BCUT2D eigenvalue weighted by atomic mass is 16.4. The molecule has 0 unspecified atom stereocenters. The summed E-state index contributed by atoms with van der Waals surface area (Å²) in [6, 6.07) is 7.85. The van der Waals surface area contributed by atoms with Crippen molar-refractivity contribution in [1.82, 2.24) is 0 Å². The average Bonchev–Trinajstić information content (AvgIpc) is 2.42. The van der Waals surface area contributed by atoms with E-state index in [0.29, 0.717) is 17.6 Å². The van der Waals surface area contributed by atoms with E-state index in [4.69, 9.17) is 4.42 Å². The minimum absolute atomic E-state index is 0.234.